The van der Waals surface area contributed by atoms with Crippen molar-refractivity contribution in [2.24, 2.45) is 0 Å². The van der Waals surface area contributed by atoms with Gasteiger partial charge in [0.25, 0.3) is 5.91 Å². The minimum Gasteiger partial charge on any atom is -0.304 e. The number of rotatable bonds is 3. The van der Waals surface area contributed by atoms with E-state index in [0.29, 0.717) is 17.8 Å². The van der Waals surface area contributed by atoms with E-state index in [0.717, 1.165) is 17.7 Å². The molecule has 0 N–H and O–H groups in total. The number of para-hydroxylation sites is 1. The first-order valence-electron chi connectivity index (χ1n) is 9.40. The Morgan fingerprint density at radius 3 is 2.40 bits per heavy atom. The van der Waals surface area contributed by atoms with Gasteiger partial charge in [-0.2, -0.15) is 0 Å². The molecule has 1 atom stereocenters. The standard InChI is InChI=1S/C23H16F2N2O2S/c24-18-11-10-16(12-19(18)25)27-21(28)14-30-23(27)17-8-4-5-9-20(17)26(22(23)29)13-15-6-2-1-3-7-15/h1-12H,13-14H2/t23-/m0/s1. The van der Waals surface area contributed by atoms with Crippen molar-refractivity contribution in [3.05, 3.63) is 95.6 Å². The number of anilines is 2. The lowest BCUT2D eigenvalue weighted by molar-refractivity contribution is -0.123. The number of halogens is 2. The molecule has 3 aromatic carbocycles. The first-order chi connectivity index (χ1) is 14.5. The molecule has 1 spiro atoms. The summed E-state index contributed by atoms with van der Waals surface area (Å²) in [5.41, 5.74) is 2.49. The second kappa shape index (κ2) is 6.95. The van der Waals surface area contributed by atoms with Crippen LogP contribution < -0.4 is 9.80 Å². The lowest BCUT2D eigenvalue weighted by Crippen LogP contribution is -2.49. The van der Waals surface area contributed by atoms with Crippen LogP contribution in [-0.4, -0.2) is 17.6 Å². The second-order valence-electron chi connectivity index (χ2n) is 7.15. The molecule has 150 valence electrons. The molecule has 1 fully saturated rings. The van der Waals surface area contributed by atoms with Gasteiger partial charge in [0.15, 0.2) is 11.6 Å². The summed E-state index contributed by atoms with van der Waals surface area (Å²) < 4.78 is 27.5. The van der Waals surface area contributed by atoms with E-state index >= 15 is 0 Å². The molecule has 7 heteroatoms. The van der Waals surface area contributed by atoms with E-state index in [1.165, 1.54) is 22.7 Å². The molecule has 0 radical (unpaired) electrons. The van der Waals surface area contributed by atoms with Crippen molar-refractivity contribution < 1.29 is 18.4 Å². The van der Waals surface area contributed by atoms with Gasteiger partial charge in [-0.1, -0.05) is 48.5 Å². The van der Waals surface area contributed by atoms with Gasteiger partial charge in [0, 0.05) is 17.3 Å². The smallest absolute Gasteiger partial charge is 0.269 e. The molecule has 30 heavy (non-hydrogen) atoms. The van der Waals surface area contributed by atoms with Crippen molar-refractivity contribution >= 4 is 35.0 Å². The van der Waals surface area contributed by atoms with E-state index in [-0.39, 0.29) is 23.3 Å². The van der Waals surface area contributed by atoms with Crippen molar-refractivity contribution in [2.45, 2.75) is 11.4 Å². The van der Waals surface area contributed by atoms with E-state index < -0.39 is 16.5 Å². The van der Waals surface area contributed by atoms with Crippen LogP contribution in [0.25, 0.3) is 0 Å². The quantitative estimate of drug-likeness (QED) is 0.627. The fourth-order valence-electron chi connectivity index (χ4n) is 4.10. The minimum absolute atomic E-state index is 0.0677. The predicted octanol–water partition coefficient (Wildman–Crippen LogP) is 4.44. The Labute approximate surface area is 176 Å². The van der Waals surface area contributed by atoms with Crippen molar-refractivity contribution in [1.29, 1.82) is 0 Å². The summed E-state index contributed by atoms with van der Waals surface area (Å²) in [6.45, 7) is 0.346. The fourth-order valence-corrected chi connectivity index (χ4v) is 5.46. The predicted molar refractivity (Wildman–Crippen MR) is 112 cm³/mol. The van der Waals surface area contributed by atoms with Crippen LogP contribution in [0.4, 0.5) is 20.2 Å². The van der Waals surface area contributed by atoms with Crippen molar-refractivity contribution in [3.8, 4) is 0 Å². The van der Waals surface area contributed by atoms with Crippen LogP contribution in [0.5, 0.6) is 0 Å². The summed E-state index contributed by atoms with van der Waals surface area (Å²) in [5, 5.41) is 0. The first-order valence-corrected chi connectivity index (χ1v) is 10.4. The zero-order chi connectivity index (χ0) is 20.9. The highest BCUT2D eigenvalue weighted by atomic mass is 32.2. The molecule has 2 amide bonds. The molecular formula is C23H16F2N2O2S. The largest absolute Gasteiger partial charge is 0.304 e. The first kappa shape index (κ1) is 18.8. The molecule has 0 aromatic heterocycles. The molecule has 4 nitrogen and oxygen atoms in total. The number of nitrogens with zero attached hydrogens (tertiary/aromatic N) is 2. The molecule has 2 aliphatic rings. The Morgan fingerprint density at radius 2 is 1.63 bits per heavy atom. The van der Waals surface area contributed by atoms with Crippen LogP contribution >= 0.6 is 11.8 Å². The maximum atomic E-state index is 14.0. The highest BCUT2D eigenvalue weighted by molar-refractivity contribution is 8.02. The van der Waals surface area contributed by atoms with Crippen LogP contribution in [0.15, 0.2) is 72.8 Å². The molecule has 0 bridgehead atoms. The fraction of sp³-hybridized carbons (Fsp3) is 0.130. The summed E-state index contributed by atoms with van der Waals surface area (Å²) >= 11 is 1.21. The Balaban J connectivity index is 1.66. The molecule has 2 heterocycles. The number of fused-ring (bicyclic) bond motifs is 2. The van der Waals surface area contributed by atoms with Crippen molar-refractivity contribution in [2.75, 3.05) is 15.6 Å². The summed E-state index contributed by atoms with van der Waals surface area (Å²) in [4.78, 5) is 28.3. The third-order valence-electron chi connectivity index (χ3n) is 5.41. The van der Waals surface area contributed by atoms with Gasteiger partial charge in [-0.3, -0.25) is 14.5 Å². The SMILES string of the molecule is O=C1CS[C@@]2(C(=O)N(Cc3ccccc3)c3ccccc32)N1c1ccc(F)c(F)c1. The topological polar surface area (TPSA) is 40.6 Å². The number of carbonyl (C=O) groups excluding carboxylic acids is 2. The summed E-state index contributed by atoms with van der Waals surface area (Å²) in [7, 11) is 0. The van der Waals surface area contributed by atoms with E-state index in [1.54, 1.807) is 4.90 Å². The van der Waals surface area contributed by atoms with Crippen molar-refractivity contribution in [1.82, 2.24) is 0 Å². The van der Waals surface area contributed by atoms with E-state index in [4.69, 9.17) is 0 Å². The number of carbonyl (C=O) groups is 2. The van der Waals surface area contributed by atoms with E-state index in [9.17, 15) is 18.4 Å². The minimum atomic E-state index is -1.34. The number of hydrogen-bond donors (Lipinski definition) is 0. The van der Waals surface area contributed by atoms with Gasteiger partial charge >= 0.3 is 0 Å². The summed E-state index contributed by atoms with van der Waals surface area (Å²) in [6, 6.07) is 20.2. The maximum Gasteiger partial charge on any atom is 0.269 e. The van der Waals surface area contributed by atoms with Crippen LogP contribution in [0.3, 0.4) is 0 Å². The van der Waals surface area contributed by atoms with Gasteiger partial charge in [0.2, 0.25) is 10.8 Å². The molecular weight excluding hydrogens is 406 g/mol. The lowest BCUT2D eigenvalue weighted by atomic mass is 10.0. The van der Waals surface area contributed by atoms with Gasteiger partial charge in [0.1, 0.15) is 0 Å². The summed E-state index contributed by atoms with van der Waals surface area (Å²) in [5.74, 6) is -2.59. The van der Waals surface area contributed by atoms with Gasteiger partial charge in [0.05, 0.1) is 18.0 Å². The molecule has 2 aliphatic heterocycles. The average Bonchev–Trinajstić information content (AvgIpc) is 3.22. The zero-order valence-corrected chi connectivity index (χ0v) is 16.5. The molecule has 0 unspecified atom stereocenters. The van der Waals surface area contributed by atoms with Gasteiger partial charge in [-0.15, -0.1) is 11.8 Å². The van der Waals surface area contributed by atoms with E-state index in [1.807, 2.05) is 54.6 Å². The second-order valence-corrected chi connectivity index (χ2v) is 8.32. The third-order valence-corrected chi connectivity index (χ3v) is 6.79. The number of amides is 2. The lowest BCUT2D eigenvalue weighted by Gasteiger charge is -2.33. The normalized spacial score (nSPS) is 20.3. The van der Waals surface area contributed by atoms with E-state index in [2.05, 4.69) is 0 Å². The Bertz CT molecular complexity index is 1170. The van der Waals surface area contributed by atoms with Crippen LogP contribution in [0, 0.1) is 11.6 Å². The molecule has 5 rings (SSSR count). The third kappa shape index (κ3) is 2.65. The molecule has 0 saturated carbocycles. The van der Waals surface area contributed by atoms with Gasteiger partial charge in [-0.25, -0.2) is 8.78 Å². The number of hydrogen-bond acceptors (Lipinski definition) is 3. The Kier molecular flexibility index (Phi) is 4.36. The van der Waals surface area contributed by atoms with Gasteiger partial charge in [-0.05, 0) is 23.8 Å². The summed E-state index contributed by atoms with van der Waals surface area (Å²) in [6.07, 6.45) is 0. The molecule has 1 saturated heterocycles. The van der Waals surface area contributed by atoms with Gasteiger partial charge < -0.3 is 4.90 Å². The number of benzene rings is 3. The maximum absolute atomic E-state index is 14.0. The molecule has 0 aliphatic carbocycles. The monoisotopic (exact) mass is 422 g/mol. The van der Waals surface area contributed by atoms with Crippen LogP contribution in [-0.2, 0) is 21.0 Å². The molecule has 3 aromatic rings. The average molecular weight is 422 g/mol. The highest BCUT2D eigenvalue weighted by Gasteiger charge is 2.60. The Morgan fingerprint density at radius 1 is 0.900 bits per heavy atom. The Hall–Kier alpha value is -3.19. The zero-order valence-electron chi connectivity index (χ0n) is 15.7. The van der Waals surface area contributed by atoms with Crippen LogP contribution in [0.2, 0.25) is 0 Å². The van der Waals surface area contributed by atoms with Crippen molar-refractivity contribution in [3.63, 3.8) is 0 Å². The highest BCUT2D eigenvalue weighted by Crippen LogP contribution is 2.55. The number of thioether (sulfide) groups is 1. The van der Waals surface area contributed by atoms with Crippen LogP contribution in [0.1, 0.15) is 11.1 Å².